The van der Waals surface area contributed by atoms with Crippen molar-refractivity contribution in [2.45, 2.75) is 31.6 Å². The Hall–Kier alpha value is -2.53. The topological polar surface area (TPSA) is 46.9 Å². The third kappa shape index (κ3) is 3.27. The van der Waals surface area contributed by atoms with Crippen molar-refractivity contribution in [1.29, 1.82) is 0 Å². The van der Waals surface area contributed by atoms with E-state index < -0.39 is 0 Å². The Labute approximate surface area is 152 Å². The van der Waals surface area contributed by atoms with Gasteiger partial charge in [-0.3, -0.25) is 14.3 Å². The van der Waals surface area contributed by atoms with E-state index in [0.717, 1.165) is 42.5 Å². The Morgan fingerprint density at radius 3 is 2.81 bits per heavy atom. The van der Waals surface area contributed by atoms with E-state index in [4.69, 9.17) is 0 Å². The van der Waals surface area contributed by atoms with Gasteiger partial charge in [-0.2, -0.15) is 0 Å². The largest absolute Gasteiger partial charge is 0.317 e. The molecule has 3 heterocycles. The van der Waals surface area contributed by atoms with Gasteiger partial charge in [-0.05, 0) is 67.6 Å². The van der Waals surface area contributed by atoms with E-state index in [2.05, 4.69) is 10.3 Å². The number of hydrogen-bond acceptors (Lipinski definition) is 3. The van der Waals surface area contributed by atoms with Crippen molar-refractivity contribution in [2.75, 3.05) is 13.1 Å². The van der Waals surface area contributed by atoms with Crippen molar-refractivity contribution in [3.05, 3.63) is 65.7 Å². The molecule has 1 fully saturated rings. The van der Waals surface area contributed by atoms with Crippen LogP contribution in [-0.4, -0.2) is 28.5 Å². The minimum absolute atomic E-state index is 0.0218. The van der Waals surface area contributed by atoms with Crippen LogP contribution < -0.4 is 5.32 Å². The summed E-state index contributed by atoms with van der Waals surface area (Å²) in [5.74, 6) is 0.149. The van der Waals surface area contributed by atoms with Gasteiger partial charge in [0, 0.05) is 18.8 Å². The van der Waals surface area contributed by atoms with Crippen LogP contribution in [0.5, 0.6) is 0 Å². The lowest BCUT2D eigenvalue weighted by atomic mass is 9.91. The summed E-state index contributed by atoms with van der Waals surface area (Å²) in [7, 11) is 0. The summed E-state index contributed by atoms with van der Waals surface area (Å²) in [6, 6.07) is 10.4. The van der Waals surface area contributed by atoms with Gasteiger partial charge in [-0.1, -0.05) is 18.2 Å². The molecule has 1 N–H and O–H groups in total. The molecule has 3 aromatic rings. The highest BCUT2D eigenvalue weighted by Crippen LogP contribution is 2.32. The second kappa shape index (κ2) is 7.38. The number of rotatable bonds is 4. The molecule has 2 aromatic heterocycles. The summed E-state index contributed by atoms with van der Waals surface area (Å²) in [5, 5.41) is 3.38. The van der Waals surface area contributed by atoms with Gasteiger partial charge in [0.05, 0.1) is 11.0 Å². The first-order chi connectivity index (χ1) is 12.7. The van der Waals surface area contributed by atoms with Crippen LogP contribution in [0, 0.1) is 5.82 Å². The fourth-order valence-electron chi connectivity index (χ4n) is 3.78. The van der Waals surface area contributed by atoms with E-state index in [1.54, 1.807) is 29.0 Å². The Kier molecular flexibility index (Phi) is 4.80. The molecule has 0 aliphatic carbocycles. The number of carbonyl (C=O) groups is 1. The minimum atomic E-state index is -0.255. The molecule has 0 unspecified atom stereocenters. The number of aromatic nitrogens is 2. The monoisotopic (exact) mass is 351 g/mol. The number of carbonyl (C=O) groups excluding carboxylic acids is 1. The van der Waals surface area contributed by atoms with Crippen LogP contribution in [0.3, 0.4) is 0 Å². The maximum absolute atomic E-state index is 13.8. The van der Waals surface area contributed by atoms with Gasteiger partial charge in [0.2, 0.25) is 5.91 Å². The lowest BCUT2D eigenvalue weighted by Gasteiger charge is -2.21. The standard InChI is InChI=1S/C21H22FN3O/c22-18-5-2-1-4-16(18)7-8-20(26)25-14-17(15-9-12-23-13-10-15)21-19(25)6-3-11-24-21/h1-6,11,14-15,23H,7-10,12-13H2. The summed E-state index contributed by atoms with van der Waals surface area (Å²) < 4.78 is 15.5. The van der Waals surface area contributed by atoms with Crippen LogP contribution in [0.1, 0.15) is 41.1 Å². The molecule has 1 aliphatic rings. The second-order valence-corrected chi connectivity index (χ2v) is 6.83. The predicted octanol–water partition coefficient (Wildman–Crippen LogP) is 3.92. The number of aryl methyl sites for hydroxylation is 1. The Morgan fingerprint density at radius 1 is 1.19 bits per heavy atom. The summed E-state index contributed by atoms with van der Waals surface area (Å²) in [6.07, 6.45) is 6.51. The zero-order chi connectivity index (χ0) is 17.9. The molecular weight excluding hydrogens is 329 g/mol. The molecule has 5 heteroatoms. The average molecular weight is 351 g/mol. The second-order valence-electron chi connectivity index (χ2n) is 6.83. The van der Waals surface area contributed by atoms with Crippen molar-refractivity contribution in [3.8, 4) is 0 Å². The highest BCUT2D eigenvalue weighted by Gasteiger charge is 2.22. The quantitative estimate of drug-likeness (QED) is 0.775. The summed E-state index contributed by atoms with van der Waals surface area (Å²) >= 11 is 0. The van der Waals surface area contributed by atoms with Crippen LogP contribution in [0.2, 0.25) is 0 Å². The van der Waals surface area contributed by atoms with E-state index in [1.165, 1.54) is 6.07 Å². The van der Waals surface area contributed by atoms with Gasteiger partial charge in [-0.15, -0.1) is 0 Å². The van der Waals surface area contributed by atoms with Crippen molar-refractivity contribution < 1.29 is 9.18 Å². The van der Waals surface area contributed by atoms with Crippen LogP contribution in [0.15, 0.2) is 48.8 Å². The smallest absolute Gasteiger partial charge is 0.231 e. The predicted molar refractivity (Wildman–Crippen MR) is 99.9 cm³/mol. The number of fused-ring (bicyclic) bond motifs is 1. The normalized spacial score (nSPS) is 15.4. The Balaban J connectivity index is 1.61. The highest BCUT2D eigenvalue weighted by molar-refractivity contribution is 5.92. The summed E-state index contributed by atoms with van der Waals surface area (Å²) in [6.45, 7) is 1.98. The van der Waals surface area contributed by atoms with Crippen LogP contribution in [0.4, 0.5) is 4.39 Å². The zero-order valence-corrected chi connectivity index (χ0v) is 14.6. The number of hydrogen-bond donors (Lipinski definition) is 1. The SMILES string of the molecule is O=C(CCc1ccccc1F)n1cc(C2CCNCC2)c2ncccc21. The first kappa shape index (κ1) is 16.9. The lowest BCUT2D eigenvalue weighted by molar-refractivity contribution is 0.0908. The van der Waals surface area contributed by atoms with Crippen molar-refractivity contribution in [2.24, 2.45) is 0 Å². The number of nitrogens with zero attached hydrogens (tertiary/aromatic N) is 2. The Bertz CT molecular complexity index is 928. The first-order valence-corrected chi connectivity index (χ1v) is 9.17. The molecule has 4 rings (SSSR count). The van der Waals surface area contributed by atoms with E-state index in [0.29, 0.717) is 17.9 Å². The molecule has 0 amide bonds. The average Bonchev–Trinajstić information content (AvgIpc) is 3.08. The van der Waals surface area contributed by atoms with Crippen molar-refractivity contribution >= 4 is 16.9 Å². The van der Waals surface area contributed by atoms with Gasteiger partial charge >= 0.3 is 0 Å². The van der Waals surface area contributed by atoms with Crippen LogP contribution >= 0.6 is 0 Å². The summed E-state index contributed by atoms with van der Waals surface area (Å²) in [5.41, 5.74) is 3.49. The minimum Gasteiger partial charge on any atom is -0.317 e. The highest BCUT2D eigenvalue weighted by atomic mass is 19.1. The summed E-state index contributed by atoms with van der Waals surface area (Å²) in [4.78, 5) is 17.4. The van der Waals surface area contributed by atoms with Gasteiger partial charge in [0.1, 0.15) is 5.82 Å². The van der Waals surface area contributed by atoms with Gasteiger partial charge in [0.15, 0.2) is 0 Å². The molecular formula is C21H22FN3O. The number of nitrogens with one attached hydrogen (secondary N) is 1. The van der Waals surface area contributed by atoms with Gasteiger partial charge < -0.3 is 5.32 Å². The molecule has 0 spiro atoms. The first-order valence-electron chi connectivity index (χ1n) is 9.17. The van der Waals surface area contributed by atoms with E-state index in [9.17, 15) is 9.18 Å². The number of pyridine rings is 1. The van der Waals surface area contributed by atoms with E-state index in [-0.39, 0.29) is 18.1 Å². The van der Waals surface area contributed by atoms with Crippen molar-refractivity contribution in [1.82, 2.24) is 14.9 Å². The van der Waals surface area contributed by atoms with Crippen LogP contribution in [0.25, 0.3) is 11.0 Å². The zero-order valence-electron chi connectivity index (χ0n) is 14.6. The lowest BCUT2D eigenvalue weighted by Crippen LogP contribution is -2.26. The maximum atomic E-state index is 13.8. The maximum Gasteiger partial charge on any atom is 0.231 e. The molecule has 26 heavy (non-hydrogen) atoms. The molecule has 0 atom stereocenters. The fraction of sp³-hybridized carbons (Fsp3) is 0.333. The van der Waals surface area contributed by atoms with Crippen molar-refractivity contribution in [3.63, 3.8) is 0 Å². The van der Waals surface area contributed by atoms with E-state index >= 15 is 0 Å². The van der Waals surface area contributed by atoms with Crippen LogP contribution in [-0.2, 0) is 6.42 Å². The molecule has 4 nitrogen and oxygen atoms in total. The molecule has 1 saturated heterocycles. The molecule has 134 valence electrons. The fourth-order valence-corrected chi connectivity index (χ4v) is 3.78. The number of halogens is 1. The Morgan fingerprint density at radius 2 is 2.00 bits per heavy atom. The molecule has 1 aromatic carbocycles. The molecule has 0 saturated carbocycles. The molecule has 0 radical (unpaired) electrons. The van der Waals surface area contributed by atoms with Gasteiger partial charge in [-0.25, -0.2) is 4.39 Å². The number of piperidine rings is 1. The molecule has 0 bridgehead atoms. The molecule has 1 aliphatic heterocycles. The third-order valence-electron chi connectivity index (χ3n) is 5.20. The number of benzene rings is 1. The van der Waals surface area contributed by atoms with E-state index in [1.807, 2.05) is 18.3 Å². The third-order valence-corrected chi connectivity index (χ3v) is 5.20. The van der Waals surface area contributed by atoms with Gasteiger partial charge in [0.25, 0.3) is 0 Å².